The molecular formula is C17H16BrNS. The van der Waals surface area contributed by atoms with E-state index < -0.39 is 0 Å². The second-order valence-electron chi connectivity index (χ2n) is 5.66. The standard InChI is InChI=1S/C17H16BrNS/c1-17(2,3)13-4-6-15(7-5-13)20-16-9-12(11-19)8-14(18)10-16/h4-10H,1-3H3. The van der Waals surface area contributed by atoms with Crippen LogP contribution in [0.3, 0.4) is 0 Å². The minimum atomic E-state index is 0.174. The Kier molecular flexibility index (Phi) is 4.57. The highest BCUT2D eigenvalue weighted by Gasteiger charge is 2.13. The minimum Gasteiger partial charge on any atom is -0.192 e. The van der Waals surface area contributed by atoms with Gasteiger partial charge in [-0.25, -0.2) is 0 Å². The van der Waals surface area contributed by atoms with Crippen molar-refractivity contribution in [1.29, 1.82) is 5.26 Å². The molecule has 0 heterocycles. The molecule has 0 spiro atoms. The van der Waals surface area contributed by atoms with Crippen LogP contribution in [0.15, 0.2) is 56.7 Å². The van der Waals surface area contributed by atoms with Crippen LogP contribution in [-0.4, -0.2) is 0 Å². The molecule has 1 nitrogen and oxygen atoms in total. The highest BCUT2D eigenvalue weighted by Crippen LogP contribution is 2.32. The first kappa shape index (κ1) is 15.2. The first-order valence-corrected chi connectivity index (χ1v) is 7.98. The topological polar surface area (TPSA) is 23.8 Å². The van der Waals surface area contributed by atoms with Gasteiger partial charge in [-0.3, -0.25) is 0 Å². The average Bonchev–Trinajstić information content (AvgIpc) is 2.37. The van der Waals surface area contributed by atoms with Gasteiger partial charge in [0.1, 0.15) is 0 Å². The summed E-state index contributed by atoms with van der Waals surface area (Å²) in [6.07, 6.45) is 0. The summed E-state index contributed by atoms with van der Waals surface area (Å²) in [7, 11) is 0. The summed E-state index contributed by atoms with van der Waals surface area (Å²) >= 11 is 5.11. The van der Waals surface area contributed by atoms with Gasteiger partial charge in [0.2, 0.25) is 0 Å². The maximum atomic E-state index is 9.00. The SMILES string of the molecule is CC(C)(C)c1ccc(Sc2cc(Br)cc(C#N)c2)cc1. The van der Waals surface area contributed by atoms with Crippen molar-refractivity contribution in [1.82, 2.24) is 0 Å². The fourth-order valence-electron chi connectivity index (χ4n) is 1.85. The summed E-state index contributed by atoms with van der Waals surface area (Å²) < 4.78 is 0.936. The Balaban J connectivity index is 2.23. The van der Waals surface area contributed by atoms with Gasteiger partial charge in [0.05, 0.1) is 11.6 Å². The second kappa shape index (κ2) is 6.03. The molecule has 0 radical (unpaired) electrons. The molecule has 102 valence electrons. The molecular weight excluding hydrogens is 330 g/mol. The lowest BCUT2D eigenvalue weighted by Crippen LogP contribution is -2.10. The van der Waals surface area contributed by atoms with Crippen LogP contribution >= 0.6 is 27.7 Å². The normalized spacial score (nSPS) is 11.2. The largest absolute Gasteiger partial charge is 0.192 e. The molecule has 20 heavy (non-hydrogen) atoms. The van der Waals surface area contributed by atoms with Crippen LogP contribution in [0.5, 0.6) is 0 Å². The van der Waals surface area contributed by atoms with Gasteiger partial charge in [-0.2, -0.15) is 5.26 Å². The van der Waals surface area contributed by atoms with Gasteiger partial charge in [-0.15, -0.1) is 0 Å². The zero-order chi connectivity index (χ0) is 14.8. The molecule has 2 aromatic carbocycles. The molecule has 0 saturated carbocycles. The molecule has 0 amide bonds. The lowest BCUT2D eigenvalue weighted by atomic mass is 9.87. The van der Waals surface area contributed by atoms with E-state index >= 15 is 0 Å². The summed E-state index contributed by atoms with van der Waals surface area (Å²) in [5.41, 5.74) is 2.18. The van der Waals surface area contributed by atoms with Crippen molar-refractivity contribution in [3.05, 3.63) is 58.1 Å². The van der Waals surface area contributed by atoms with E-state index in [9.17, 15) is 0 Å². The highest BCUT2D eigenvalue weighted by molar-refractivity contribution is 9.10. The Morgan fingerprint density at radius 2 is 1.65 bits per heavy atom. The van der Waals surface area contributed by atoms with Crippen molar-refractivity contribution in [2.45, 2.75) is 36.0 Å². The summed E-state index contributed by atoms with van der Waals surface area (Å²) in [6.45, 7) is 6.63. The molecule has 0 fully saturated rings. The molecule has 0 bridgehead atoms. The highest BCUT2D eigenvalue weighted by atomic mass is 79.9. The first-order valence-electron chi connectivity index (χ1n) is 6.37. The molecule has 2 aromatic rings. The van der Waals surface area contributed by atoms with E-state index in [1.807, 2.05) is 18.2 Å². The van der Waals surface area contributed by atoms with E-state index in [1.54, 1.807) is 11.8 Å². The Morgan fingerprint density at radius 3 is 2.20 bits per heavy atom. The quantitative estimate of drug-likeness (QED) is 0.689. The van der Waals surface area contributed by atoms with Crippen LogP contribution in [0.1, 0.15) is 31.9 Å². The molecule has 0 N–H and O–H groups in total. The van der Waals surface area contributed by atoms with Crippen LogP contribution in [0.25, 0.3) is 0 Å². The Hall–Kier alpha value is -1.24. The van der Waals surface area contributed by atoms with E-state index in [0.717, 1.165) is 9.37 Å². The van der Waals surface area contributed by atoms with E-state index in [-0.39, 0.29) is 5.41 Å². The van der Waals surface area contributed by atoms with Crippen molar-refractivity contribution in [2.75, 3.05) is 0 Å². The number of hydrogen-bond acceptors (Lipinski definition) is 2. The molecule has 0 unspecified atom stereocenters. The van der Waals surface area contributed by atoms with Crippen molar-refractivity contribution in [3.8, 4) is 6.07 Å². The summed E-state index contributed by atoms with van der Waals surface area (Å²) in [5.74, 6) is 0. The number of halogens is 1. The first-order chi connectivity index (χ1) is 9.38. The zero-order valence-corrected chi connectivity index (χ0v) is 14.2. The second-order valence-corrected chi connectivity index (χ2v) is 7.73. The van der Waals surface area contributed by atoms with E-state index in [0.29, 0.717) is 5.56 Å². The third-order valence-corrected chi connectivity index (χ3v) is 4.39. The lowest BCUT2D eigenvalue weighted by Gasteiger charge is -2.19. The van der Waals surface area contributed by atoms with Crippen molar-refractivity contribution < 1.29 is 0 Å². The van der Waals surface area contributed by atoms with Gasteiger partial charge in [0.15, 0.2) is 0 Å². The summed E-state index contributed by atoms with van der Waals surface area (Å²) in [4.78, 5) is 2.25. The Labute approximate surface area is 133 Å². The molecule has 0 aliphatic heterocycles. The maximum absolute atomic E-state index is 9.00. The number of nitrogens with zero attached hydrogens (tertiary/aromatic N) is 1. The molecule has 3 heteroatoms. The van der Waals surface area contributed by atoms with Crippen molar-refractivity contribution >= 4 is 27.7 Å². The zero-order valence-electron chi connectivity index (χ0n) is 11.8. The van der Waals surface area contributed by atoms with E-state index in [1.165, 1.54) is 10.5 Å². The fourth-order valence-corrected chi connectivity index (χ4v) is 3.41. The van der Waals surface area contributed by atoms with Crippen LogP contribution in [0, 0.1) is 11.3 Å². The van der Waals surface area contributed by atoms with E-state index in [2.05, 4.69) is 67.0 Å². The molecule has 2 rings (SSSR count). The van der Waals surface area contributed by atoms with Gasteiger partial charge >= 0.3 is 0 Å². The molecule has 0 atom stereocenters. The molecule has 0 aliphatic rings. The average molecular weight is 346 g/mol. The Morgan fingerprint density at radius 1 is 1.00 bits per heavy atom. The maximum Gasteiger partial charge on any atom is 0.0992 e. The van der Waals surface area contributed by atoms with Gasteiger partial charge in [-0.05, 0) is 41.3 Å². The minimum absolute atomic E-state index is 0.174. The fraction of sp³-hybridized carbons (Fsp3) is 0.235. The predicted octanol–water partition coefficient (Wildman–Crippen LogP) is 5.77. The number of rotatable bonds is 2. The monoisotopic (exact) mass is 345 g/mol. The Bertz CT molecular complexity index is 648. The summed E-state index contributed by atoms with van der Waals surface area (Å²) in [6, 6.07) is 16.6. The lowest BCUT2D eigenvalue weighted by molar-refractivity contribution is 0.590. The van der Waals surface area contributed by atoms with Crippen LogP contribution < -0.4 is 0 Å². The van der Waals surface area contributed by atoms with Gasteiger partial charge < -0.3 is 0 Å². The van der Waals surface area contributed by atoms with Crippen LogP contribution in [0.4, 0.5) is 0 Å². The number of benzene rings is 2. The van der Waals surface area contributed by atoms with Gasteiger partial charge in [0, 0.05) is 14.3 Å². The van der Waals surface area contributed by atoms with Gasteiger partial charge in [0.25, 0.3) is 0 Å². The number of hydrogen-bond donors (Lipinski definition) is 0. The molecule has 0 aliphatic carbocycles. The van der Waals surface area contributed by atoms with Crippen LogP contribution in [-0.2, 0) is 5.41 Å². The van der Waals surface area contributed by atoms with Crippen molar-refractivity contribution in [2.24, 2.45) is 0 Å². The number of nitriles is 1. The van der Waals surface area contributed by atoms with Gasteiger partial charge in [-0.1, -0.05) is 60.6 Å². The van der Waals surface area contributed by atoms with E-state index in [4.69, 9.17) is 5.26 Å². The van der Waals surface area contributed by atoms with Crippen molar-refractivity contribution in [3.63, 3.8) is 0 Å². The predicted molar refractivity (Wildman–Crippen MR) is 88.1 cm³/mol. The smallest absolute Gasteiger partial charge is 0.0992 e. The molecule has 0 saturated heterocycles. The third kappa shape index (κ3) is 3.88. The third-order valence-electron chi connectivity index (χ3n) is 2.96. The summed E-state index contributed by atoms with van der Waals surface area (Å²) in [5, 5.41) is 9.00. The van der Waals surface area contributed by atoms with Crippen LogP contribution in [0.2, 0.25) is 0 Å². The molecule has 0 aromatic heterocycles.